The molecule has 0 saturated carbocycles. The maximum Gasteiger partial charge on any atom is 0.227 e. The SMILES string of the molecule is Cc1nc(N(C)C)cc(N2CCN(C(=O)Cc3cccc4ccccc34)CC2)n1. The van der Waals surface area contributed by atoms with E-state index < -0.39 is 0 Å². The van der Waals surface area contributed by atoms with Crippen LogP contribution in [-0.2, 0) is 11.2 Å². The van der Waals surface area contributed by atoms with E-state index in [2.05, 4.69) is 39.1 Å². The first kappa shape index (κ1) is 19.2. The van der Waals surface area contributed by atoms with E-state index in [-0.39, 0.29) is 5.91 Å². The third-order valence-corrected chi connectivity index (χ3v) is 5.45. The Balaban J connectivity index is 1.42. The smallest absolute Gasteiger partial charge is 0.227 e. The molecular formula is C23H27N5O. The van der Waals surface area contributed by atoms with Crippen LogP contribution in [0.15, 0.2) is 48.5 Å². The molecule has 6 nitrogen and oxygen atoms in total. The van der Waals surface area contributed by atoms with Gasteiger partial charge in [0.15, 0.2) is 0 Å². The zero-order chi connectivity index (χ0) is 20.4. The lowest BCUT2D eigenvalue weighted by atomic mass is 10.0. The lowest BCUT2D eigenvalue weighted by molar-refractivity contribution is -0.130. The van der Waals surface area contributed by atoms with E-state index in [1.165, 1.54) is 5.39 Å². The molecule has 2 aromatic carbocycles. The quantitative estimate of drug-likeness (QED) is 0.687. The molecule has 1 amide bonds. The topological polar surface area (TPSA) is 52.6 Å². The summed E-state index contributed by atoms with van der Waals surface area (Å²) in [5.74, 6) is 2.79. The van der Waals surface area contributed by atoms with Crippen molar-refractivity contribution in [1.82, 2.24) is 14.9 Å². The van der Waals surface area contributed by atoms with Gasteiger partial charge in [-0.3, -0.25) is 4.79 Å². The fourth-order valence-corrected chi connectivity index (χ4v) is 3.83. The molecule has 0 radical (unpaired) electrons. The minimum absolute atomic E-state index is 0.189. The molecule has 0 N–H and O–H groups in total. The molecular weight excluding hydrogens is 362 g/mol. The maximum atomic E-state index is 12.9. The van der Waals surface area contributed by atoms with E-state index in [0.29, 0.717) is 19.5 Å². The van der Waals surface area contributed by atoms with E-state index in [9.17, 15) is 4.79 Å². The van der Waals surface area contributed by atoms with Crippen molar-refractivity contribution in [1.29, 1.82) is 0 Å². The van der Waals surface area contributed by atoms with Crippen LogP contribution in [0.4, 0.5) is 11.6 Å². The number of fused-ring (bicyclic) bond motifs is 1. The fraction of sp³-hybridized carbons (Fsp3) is 0.348. The number of carbonyl (C=O) groups excluding carboxylic acids is 1. The van der Waals surface area contributed by atoms with E-state index in [1.807, 2.05) is 55.1 Å². The average Bonchev–Trinajstić information content (AvgIpc) is 2.73. The first-order chi connectivity index (χ1) is 14.0. The number of aryl methyl sites for hydroxylation is 1. The Labute approximate surface area is 171 Å². The number of aromatic nitrogens is 2. The molecule has 1 fully saturated rings. The Hall–Kier alpha value is -3.15. The van der Waals surface area contributed by atoms with E-state index in [4.69, 9.17) is 0 Å². The van der Waals surface area contributed by atoms with Crippen LogP contribution < -0.4 is 9.80 Å². The summed E-state index contributed by atoms with van der Waals surface area (Å²) in [6, 6.07) is 16.4. The van der Waals surface area contributed by atoms with Crippen LogP contribution in [-0.4, -0.2) is 61.0 Å². The van der Waals surface area contributed by atoms with Crippen molar-refractivity contribution in [2.75, 3.05) is 50.1 Å². The minimum Gasteiger partial charge on any atom is -0.363 e. The first-order valence-corrected chi connectivity index (χ1v) is 10.0. The molecule has 2 heterocycles. The molecule has 6 heteroatoms. The van der Waals surface area contributed by atoms with Gasteiger partial charge >= 0.3 is 0 Å². The second-order valence-electron chi connectivity index (χ2n) is 7.71. The average molecular weight is 390 g/mol. The fourth-order valence-electron chi connectivity index (χ4n) is 3.83. The summed E-state index contributed by atoms with van der Waals surface area (Å²) >= 11 is 0. The summed E-state index contributed by atoms with van der Waals surface area (Å²) in [4.78, 5) is 28.2. The molecule has 0 bridgehead atoms. The molecule has 0 aliphatic carbocycles. The Morgan fingerprint density at radius 2 is 1.72 bits per heavy atom. The number of carbonyl (C=O) groups is 1. The molecule has 150 valence electrons. The minimum atomic E-state index is 0.189. The highest BCUT2D eigenvalue weighted by atomic mass is 16.2. The van der Waals surface area contributed by atoms with Crippen molar-refractivity contribution in [3.8, 4) is 0 Å². The summed E-state index contributed by atoms with van der Waals surface area (Å²) in [5, 5.41) is 2.34. The van der Waals surface area contributed by atoms with E-state index >= 15 is 0 Å². The highest BCUT2D eigenvalue weighted by Gasteiger charge is 2.23. The van der Waals surface area contributed by atoms with Crippen LogP contribution in [0.2, 0.25) is 0 Å². The van der Waals surface area contributed by atoms with Gasteiger partial charge in [0.2, 0.25) is 5.91 Å². The van der Waals surface area contributed by atoms with Crippen LogP contribution >= 0.6 is 0 Å². The number of hydrogen-bond acceptors (Lipinski definition) is 5. The highest BCUT2D eigenvalue weighted by molar-refractivity contribution is 5.90. The van der Waals surface area contributed by atoms with Gasteiger partial charge in [-0.05, 0) is 23.3 Å². The maximum absolute atomic E-state index is 12.9. The molecule has 1 aromatic heterocycles. The largest absolute Gasteiger partial charge is 0.363 e. The zero-order valence-electron chi connectivity index (χ0n) is 17.3. The number of anilines is 2. The van der Waals surface area contributed by atoms with Crippen LogP contribution in [0.3, 0.4) is 0 Å². The number of rotatable bonds is 4. The molecule has 3 aromatic rings. The molecule has 29 heavy (non-hydrogen) atoms. The van der Waals surface area contributed by atoms with Crippen LogP contribution in [0.5, 0.6) is 0 Å². The number of piperazine rings is 1. The summed E-state index contributed by atoms with van der Waals surface area (Å²) in [7, 11) is 3.96. The molecule has 4 rings (SSSR count). The number of nitrogens with zero attached hydrogens (tertiary/aromatic N) is 5. The summed E-state index contributed by atoms with van der Waals surface area (Å²) in [5.41, 5.74) is 1.09. The number of amides is 1. The van der Waals surface area contributed by atoms with Gasteiger partial charge in [-0.25, -0.2) is 9.97 Å². The molecule has 0 spiro atoms. The normalized spacial score (nSPS) is 14.3. The molecule has 0 unspecified atom stereocenters. The lowest BCUT2D eigenvalue weighted by Crippen LogP contribution is -2.49. The van der Waals surface area contributed by atoms with Crippen molar-refractivity contribution in [3.05, 3.63) is 59.9 Å². The third-order valence-electron chi connectivity index (χ3n) is 5.45. The van der Waals surface area contributed by atoms with E-state index in [0.717, 1.165) is 41.5 Å². The van der Waals surface area contributed by atoms with Crippen LogP contribution in [0, 0.1) is 6.92 Å². The predicted octanol–water partition coefficient (Wildman–Crippen LogP) is 2.90. The zero-order valence-corrected chi connectivity index (χ0v) is 17.3. The van der Waals surface area contributed by atoms with Gasteiger partial charge in [0.25, 0.3) is 0 Å². The summed E-state index contributed by atoms with van der Waals surface area (Å²) < 4.78 is 0. The van der Waals surface area contributed by atoms with Crippen LogP contribution in [0.1, 0.15) is 11.4 Å². The molecule has 1 saturated heterocycles. The second-order valence-corrected chi connectivity index (χ2v) is 7.71. The van der Waals surface area contributed by atoms with Crippen molar-refractivity contribution in [2.24, 2.45) is 0 Å². The standard InChI is InChI=1S/C23H27N5O/c1-17-24-21(26(2)3)16-22(25-17)27-11-13-28(14-12-27)23(29)15-19-9-6-8-18-7-4-5-10-20(18)19/h4-10,16H,11-15H2,1-3H3. The number of benzene rings is 2. The van der Waals surface area contributed by atoms with Gasteiger partial charge in [0, 0.05) is 46.3 Å². The summed E-state index contributed by atoms with van der Waals surface area (Å²) in [6.45, 7) is 4.91. The Kier molecular flexibility index (Phi) is 5.34. The Bertz CT molecular complexity index is 1020. The monoisotopic (exact) mass is 389 g/mol. The van der Waals surface area contributed by atoms with Gasteiger partial charge in [-0.2, -0.15) is 0 Å². The predicted molar refractivity (Wildman–Crippen MR) is 118 cm³/mol. The highest BCUT2D eigenvalue weighted by Crippen LogP contribution is 2.21. The van der Waals surface area contributed by atoms with Gasteiger partial charge in [0.1, 0.15) is 17.5 Å². The molecule has 1 aliphatic heterocycles. The van der Waals surface area contributed by atoms with Gasteiger partial charge in [-0.1, -0.05) is 42.5 Å². The van der Waals surface area contributed by atoms with Crippen LogP contribution in [0.25, 0.3) is 10.8 Å². The van der Waals surface area contributed by atoms with E-state index in [1.54, 1.807) is 0 Å². The van der Waals surface area contributed by atoms with Gasteiger partial charge in [-0.15, -0.1) is 0 Å². The van der Waals surface area contributed by atoms with Crippen molar-refractivity contribution >= 4 is 28.3 Å². The van der Waals surface area contributed by atoms with Gasteiger partial charge in [0.05, 0.1) is 6.42 Å². The second kappa shape index (κ2) is 8.07. The molecule has 0 atom stereocenters. The first-order valence-electron chi connectivity index (χ1n) is 10.0. The third kappa shape index (κ3) is 4.16. The number of hydrogen-bond donors (Lipinski definition) is 0. The van der Waals surface area contributed by atoms with Crippen molar-refractivity contribution in [3.63, 3.8) is 0 Å². The summed E-state index contributed by atoms with van der Waals surface area (Å²) in [6.07, 6.45) is 0.443. The Morgan fingerprint density at radius 1 is 1.00 bits per heavy atom. The van der Waals surface area contributed by atoms with Crippen molar-refractivity contribution in [2.45, 2.75) is 13.3 Å². The molecule has 1 aliphatic rings. The Morgan fingerprint density at radius 3 is 2.48 bits per heavy atom. The lowest BCUT2D eigenvalue weighted by Gasteiger charge is -2.35. The van der Waals surface area contributed by atoms with Gasteiger partial charge < -0.3 is 14.7 Å². The van der Waals surface area contributed by atoms with Crippen molar-refractivity contribution < 1.29 is 4.79 Å².